The fourth-order valence-corrected chi connectivity index (χ4v) is 2.19. The monoisotopic (exact) mass is 291 g/mol. The van der Waals surface area contributed by atoms with Gasteiger partial charge in [-0.2, -0.15) is 0 Å². The van der Waals surface area contributed by atoms with E-state index in [0.717, 1.165) is 16.3 Å². The van der Waals surface area contributed by atoms with Gasteiger partial charge in [0.25, 0.3) is 0 Å². The smallest absolute Gasteiger partial charge is 0.354 e. The Hall–Kier alpha value is -2.28. The Kier molecular flexibility index (Phi) is 4.41. The van der Waals surface area contributed by atoms with E-state index >= 15 is 0 Å². The lowest BCUT2D eigenvalue weighted by Crippen LogP contribution is -2.24. The molecule has 0 aliphatic heterocycles. The molecular weight excluding hydrogens is 278 g/mol. The third-order valence-electron chi connectivity index (χ3n) is 2.54. The highest BCUT2D eigenvalue weighted by molar-refractivity contribution is 7.09. The average Bonchev–Trinajstić information content (AvgIpc) is 2.82. The van der Waals surface area contributed by atoms with Gasteiger partial charge < -0.3 is 10.4 Å². The predicted octanol–water partition coefficient (Wildman–Crippen LogP) is 1.40. The van der Waals surface area contributed by atoms with Crippen LogP contribution in [0.2, 0.25) is 0 Å². The topological polar surface area (TPSA) is 92.2 Å². The van der Waals surface area contributed by atoms with Gasteiger partial charge in [-0.25, -0.2) is 14.8 Å². The van der Waals surface area contributed by atoms with Crippen LogP contribution in [-0.2, 0) is 17.8 Å². The van der Waals surface area contributed by atoms with Crippen LogP contribution in [0.4, 0.5) is 0 Å². The molecule has 0 saturated carbocycles. The fraction of sp³-hybridized carbons (Fsp3) is 0.231. The molecule has 20 heavy (non-hydrogen) atoms. The minimum Gasteiger partial charge on any atom is -0.477 e. The molecule has 2 heterocycles. The molecule has 2 aromatic rings. The van der Waals surface area contributed by atoms with Gasteiger partial charge in [0.15, 0.2) is 0 Å². The number of rotatable bonds is 5. The van der Waals surface area contributed by atoms with Crippen molar-refractivity contribution in [2.45, 2.75) is 19.9 Å². The van der Waals surface area contributed by atoms with Crippen molar-refractivity contribution in [3.05, 3.63) is 45.7 Å². The van der Waals surface area contributed by atoms with Crippen molar-refractivity contribution in [2.24, 2.45) is 0 Å². The van der Waals surface area contributed by atoms with E-state index in [-0.39, 0.29) is 18.0 Å². The molecule has 0 radical (unpaired) electrons. The lowest BCUT2D eigenvalue weighted by atomic mass is 10.2. The molecule has 0 aromatic carbocycles. The maximum Gasteiger partial charge on any atom is 0.354 e. The molecule has 2 N–H and O–H groups in total. The third kappa shape index (κ3) is 3.86. The number of hydrogen-bond acceptors (Lipinski definition) is 5. The van der Waals surface area contributed by atoms with Gasteiger partial charge in [0.05, 0.1) is 17.1 Å². The van der Waals surface area contributed by atoms with Gasteiger partial charge in [-0.3, -0.25) is 4.79 Å². The zero-order chi connectivity index (χ0) is 14.5. The molecule has 0 aliphatic carbocycles. The zero-order valence-corrected chi connectivity index (χ0v) is 11.6. The molecule has 0 saturated heterocycles. The van der Waals surface area contributed by atoms with Gasteiger partial charge >= 0.3 is 5.97 Å². The Morgan fingerprint density at radius 2 is 2.20 bits per heavy atom. The highest BCUT2D eigenvalue weighted by Gasteiger charge is 2.07. The molecule has 7 heteroatoms. The maximum absolute atomic E-state index is 11.7. The highest BCUT2D eigenvalue weighted by Crippen LogP contribution is 2.08. The van der Waals surface area contributed by atoms with Crippen LogP contribution >= 0.6 is 11.3 Å². The molecule has 0 spiro atoms. The molecule has 6 nitrogen and oxygen atoms in total. The number of carbonyl (C=O) groups excluding carboxylic acids is 1. The van der Waals surface area contributed by atoms with E-state index in [4.69, 9.17) is 5.11 Å². The van der Waals surface area contributed by atoms with Crippen LogP contribution < -0.4 is 5.32 Å². The number of carbonyl (C=O) groups is 2. The first-order valence-electron chi connectivity index (χ1n) is 5.90. The molecule has 0 atom stereocenters. The summed E-state index contributed by atoms with van der Waals surface area (Å²) in [5.41, 5.74) is 1.49. The number of amides is 1. The molecule has 1 amide bonds. The Balaban J connectivity index is 1.85. The van der Waals surface area contributed by atoms with Gasteiger partial charge in [0.1, 0.15) is 5.69 Å². The second kappa shape index (κ2) is 6.25. The predicted molar refractivity (Wildman–Crippen MR) is 73.6 cm³/mol. The number of aromatic nitrogens is 2. The van der Waals surface area contributed by atoms with E-state index in [2.05, 4.69) is 15.3 Å². The first-order chi connectivity index (χ1) is 9.54. The second-order valence-electron chi connectivity index (χ2n) is 4.17. The number of thiazole rings is 1. The summed E-state index contributed by atoms with van der Waals surface area (Å²) in [5.74, 6) is -1.20. The zero-order valence-electron chi connectivity index (χ0n) is 10.8. The summed E-state index contributed by atoms with van der Waals surface area (Å²) in [4.78, 5) is 30.4. The van der Waals surface area contributed by atoms with Crippen LogP contribution in [0.3, 0.4) is 0 Å². The van der Waals surface area contributed by atoms with Crippen molar-refractivity contribution in [3.8, 4) is 0 Å². The molecule has 0 fully saturated rings. The molecule has 2 aromatic heterocycles. The summed E-state index contributed by atoms with van der Waals surface area (Å²) in [5, 5.41) is 14.3. The van der Waals surface area contributed by atoms with Gasteiger partial charge in [0, 0.05) is 18.1 Å². The van der Waals surface area contributed by atoms with Crippen molar-refractivity contribution in [1.29, 1.82) is 0 Å². The standard InChI is InChI=1S/C13H13N3O3S/c1-8-16-10(7-20-8)4-12(17)15-6-9-2-3-11(13(18)19)14-5-9/h2-3,5,7H,4,6H2,1H3,(H,15,17)(H,18,19). The fourth-order valence-electron chi connectivity index (χ4n) is 1.57. The summed E-state index contributed by atoms with van der Waals surface area (Å²) in [7, 11) is 0. The summed E-state index contributed by atoms with van der Waals surface area (Å²) in [6.07, 6.45) is 1.68. The van der Waals surface area contributed by atoms with Crippen molar-refractivity contribution < 1.29 is 14.7 Å². The van der Waals surface area contributed by atoms with Gasteiger partial charge in [-0.15, -0.1) is 11.3 Å². The number of nitrogens with one attached hydrogen (secondary N) is 1. The molecule has 0 aliphatic rings. The number of pyridine rings is 1. The summed E-state index contributed by atoms with van der Waals surface area (Å²) >= 11 is 1.51. The van der Waals surface area contributed by atoms with Gasteiger partial charge in [0.2, 0.25) is 5.91 Å². The minimum atomic E-state index is -1.07. The van der Waals surface area contributed by atoms with E-state index in [1.165, 1.54) is 23.6 Å². The number of nitrogens with zero attached hydrogens (tertiary/aromatic N) is 2. The van der Waals surface area contributed by atoms with Gasteiger partial charge in [-0.05, 0) is 18.6 Å². The number of aryl methyl sites for hydroxylation is 1. The van der Waals surface area contributed by atoms with Crippen LogP contribution in [0.15, 0.2) is 23.7 Å². The quantitative estimate of drug-likeness (QED) is 0.868. The number of carboxylic acids is 1. The van der Waals surface area contributed by atoms with Crippen LogP contribution in [0, 0.1) is 6.92 Å². The Morgan fingerprint density at radius 3 is 2.75 bits per heavy atom. The number of hydrogen-bond donors (Lipinski definition) is 2. The minimum absolute atomic E-state index is 0.0157. The lowest BCUT2D eigenvalue weighted by molar-refractivity contribution is -0.120. The molecular formula is C13H13N3O3S. The van der Waals surface area contributed by atoms with E-state index in [9.17, 15) is 9.59 Å². The van der Waals surface area contributed by atoms with Gasteiger partial charge in [-0.1, -0.05) is 6.07 Å². The van der Waals surface area contributed by atoms with Crippen molar-refractivity contribution >= 4 is 23.2 Å². The number of carboxylic acid groups (broad SMARTS) is 1. The molecule has 2 rings (SSSR count). The van der Waals surface area contributed by atoms with Crippen molar-refractivity contribution in [3.63, 3.8) is 0 Å². The summed E-state index contributed by atoms with van der Waals surface area (Å²) in [6.45, 7) is 2.20. The summed E-state index contributed by atoms with van der Waals surface area (Å²) in [6, 6.07) is 3.04. The Bertz CT molecular complexity index is 622. The molecule has 0 bridgehead atoms. The van der Waals surface area contributed by atoms with Crippen LogP contribution in [-0.4, -0.2) is 27.0 Å². The van der Waals surface area contributed by atoms with Crippen LogP contribution in [0.25, 0.3) is 0 Å². The van der Waals surface area contributed by atoms with Crippen LogP contribution in [0.1, 0.15) is 26.8 Å². The normalized spacial score (nSPS) is 10.2. The lowest BCUT2D eigenvalue weighted by Gasteiger charge is -2.04. The SMILES string of the molecule is Cc1nc(CC(=O)NCc2ccc(C(=O)O)nc2)cs1. The average molecular weight is 291 g/mol. The van der Waals surface area contributed by atoms with E-state index in [1.54, 1.807) is 6.07 Å². The van der Waals surface area contributed by atoms with Crippen molar-refractivity contribution in [1.82, 2.24) is 15.3 Å². The van der Waals surface area contributed by atoms with Crippen molar-refractivity contribution in [2.75, 3.05) is 0 Å². The largest absolute Gasteiger partial charge is 0.477 e. The van der Waals surface area contributed by atoms with E-state index in [1.807, 2.05) is 12.3 Å². The van der Waals surface area contributed by atoms with E-state index < -0.39 is 5.97 Å². The first-order valence-corrected chi connectivity index (χ1v) is 6.78. The van der Waals surface area contributed by atoms with E-state index in [0.29, 0.717) is 6.54 Å². The number of aromatic carboxylic acids is 1. The van der Waals surface area contributed by atoms with Crippen LogP contribution in [0.5, 0.6) is 0 Å². The first kappa shape index (κ1) is 14.1. The maximum atomic E-state index is 11.7. The Morgan fingerprint density at radius 1 is 1.40 bits per heavy atom. The summed E-state index contributed by atoms with van der Waals surface area (Å²) < 4.78 is 0. The second-order valence-corrected chi connectivity index (χ2v) is 5.23. The third-order valence-corrected chi connectivity index (χ3v) is 3.36. The molecule has 104 valence electrons. The molecule has 0 unspecified atom stereocenters. The Labute approximate surface area is 119 Å². The highest BCUT2D eigenvalue weighted by atomic mass is 32.1.